The van der Waals surface area contributed by atoms with E-state index in [1.54, 1.807) is 0 Å². The van der Waals surface area contributed by atoms with Crippen molar-refractivity contribution in [2.24, 2.45) is 11.1 Å². The van der Waals surface area contributed by atoms with Gasteiger partial charge in [-0.1, -0.05) is 26.0 Å². The van der Waals surface area contributed by atoms with E-state index in [2.05, 4.69) is 0 Å². The first-order chi connectivity index (χ1) is 8.36. The summed E-state index contributed by atoms with van der Waals surface area (Å²) in [7, 11) is 0. The molecule has 0 heterocycles. The van der Waals surface area contributed by atoms with Gasteiger partial charge in [-0.25, -0.2) is 0 Å². The lowest BCUT2D eigenvalue weighted by molar-refractivity contribution is -0.139. The summed E-state index contributed by atoms with van der Waals surface area (Å²) in [6, 6.07) is 7.17. The van der Waals surface area contributed by atoms with Gasteiger partial charge in [-0.05, 0) is 30.0 Å². The molecule has 4 nitrogen and oxygen atoms in total. The Bertz CT molecular complexity index is 398. The Morgan fingerprint density at radius 3 is 2.39 bits per heavy atom. The maximum Gasteiger partial charge on any atom is 0.303 e. The topological polar surface area (TPSA) is 72.5 Å². The predicted molar refractivity (Wildman–Crippen MR) is 70.6 cm³/mol. The summed E-state index contributed by atoms with van der Waals surface area (Å²) in [5.41, 5.74) is 6.57. The van der Waals surface area contributed by atoms with Crippen LogP contribution in [0.5, 0.6) is 5.75 Å². The van der Waals surface area contributed by atoms with Crippen LogP contribution in [0.3, 0.4) is 0 Å². The van der Waals surface area contributed by atoms with Crippen molar-refractivity contribution < 1.29 is 14.6 Å². The summed E-state index contributed by atoms with van der Waals surface area (Å²) in [6.45, 7) is 6.27. The van der Waals surface area contributed by atoms with Crippen LogP contribution in [-0.4, -0.2) is 17.7 Å². The molecule has 0 saturated heterocycles. The molecule has 1 aromatic carbocycles. The lowest BCUT2D eigenvalue weighted by Gasteiger charge is -2.30. The molecule has 0 aromatic heterocycles. The van der Waals surface area contributed by atoms with Gasteiger partial charge in [0.1, 0.15) is 5.75 Å². The smallest absolute Gasteiger partial charge is 0.303 e. The molecule has 0 aliphatic rings. The number of benzene rings is 1. The molecule has 1 atom stereocenters. The number of hydrogen-bond donors (Lipinski definition) is 2. The lowest BCUT2D eigenvalue weighted by atomic mass is 9.78. The van der Waals surface area contributed by atoms with Crippen molar-refractivity contribution in [2.45, 2.75) is 33.2 Å². The van der Waals surface area contributed by atoms with Gasteiger partial charge >= 0.3 is 5.97 Å². The van der Waals surface area contributed by atoms with Crippen LogP contribution in [0, 0.1) is 5.41 Å². The van der Waals surface area contributed by atoms with Crippen LogP contribution in [0.4, 0.5) is 0 Å². The van der Waals surface area contributed by atoms with E-state index >= 15 is 0 Å². The SMILES string of the molecule is CCOc1ccc(C(N)C(C)(C)CC(=O)O)cc1. The average molecular weight is 251 g/mol. The minimum Gasteiger partial charge on any atom is -0.494 e. The Hall–Kier alpha value is -1.55. The normalized spacial score (nSPS) is 13.1. The van der Waals surface area contributed by atoms with E-state index in [-0.39, 0.29) is 12.5 Å². The predicted octanol–water partition coefficient (Wildman–Crippen LogP) is 2.59. The van der Waals surface area contributed by atoms with Gasteiger partial charge in [-0.15, -0.1) is 0 Å². The van der Waals surface area contributed by atoms with Gasteiger partial charge in [0.2, 0.25) is 0 Å². The molecule has 0 aliphatic carbocycles. The van der Waals surface area contributed by atoms with Gasteiger partial charge in [0.25, 0.3) is 0 Å². The third-order valence-corrected chi connectivity index (χ3v) is 3.00. The van der Waals surface area contributed by atoms with Crippen LogP contribution >= 0.6 is 0 Å². The molecule has 0 saturated carbocycles. The summed E-state index contributed by atoms with van der Waals surface area (Å²) >= 11 is 0. The van der Waals surface area contributed by atoms with Crippen LogP contribution in [0.25, 0.3) is 0 Å². The van der Waals surface area contributed by atoms with E-state index in [4.69, 9.17) is 15.6 Å². The number of aliphatic carboxylic acids is 1. The molecule has 0 radical (unpaired) electrons. The summed E-state index contributed by atoms with van der Waals surface area (Å²) in [6.07, 6.45) is 0.0430. The number of carboxylic acid groups (broad SMARTS) is 1. The van der Waals surface area contributed by atoms with E-state index in [9.17, 15) is 4.79 Å². The first-order valence-corrected chi connectivity index (χ1v) is 6.07. The van der Waals surface area contributed by atoms with Crippen molar-refractivity contribution in [1.29, 1.82) is 0 Å². The summed E-state index contributed by atoms with van der Waals surface area (Å²) < 4.78 is 5.36. The van der Waals surface area contributed by atoms with Gasteiger partial charge in [0.15, 0.2) is 0 Å². The maximum atomic E-state index is 10.8. The van der Waals surface area contributed by atoms with Gasteiger partial charge < -0.3 is 15.6 Å². The Kier molecular flexibility index (Phi) is 4.73. The second-order valence-corrected chi connectivity index (χ2v) is 5.04. The Balaban J connectivity index is 2.82. The molecule has 0 spiro atoms. The number of ether oxygens (including phenoxy) is 1. The van der Waals surface area contributed by atoms with E-state index in [1.165, 1.54) is 0 Å². The van der Waals surface area contributed by atoms with Crippen molar-refractivity contribution in [3.8, 4) is 5.75 Å². The fraction of sp³-hybridized carbons (Fsp3) is 0.500. The molecule has 0 fully saturated rings. The molecule has 1 rings (SSSR count). The monoisotopic (exact) mass is 251 g/mol. The van der Waals surface area contributed by atoms with E-state index in [1.807, 2.05) is 45.0 Å². The van der Waals surface area contributed by atoms with Crippen molar-refractivity contribution >= 4 is 5.97 Å². The quantitative estimate of drug-likeness (QED) is 0.815. The standard InChI is InChI=1S/C14H21NO3/c1-4-18-11-7-5-10(6-8-11)13(15)14(2,3)9-12(16)17/h5-8,13H,4,9,15H2,1-3H3,(H,16,17). The molecular formula is C14H21NO3. The highest BCUT2D eigenvalue weighted by Gasteiger charge is 2.30. The van der Waals surface area contributed by atoms with Crippen LogP contribution in [0.1, 0.15) is 38.8 Å². The molecule has 0 aliphatic heterocycles. The number of carboxylic acids is 1. The molecule has 1 unspecified atom stereocenters. The zero-order valence-corrected chi connectivity index (χ0v) is 11.1. The summed E-state index contributed by atoms with van der Waals surface area (Å²) in [5, 5.41) is 8.88. The largest absolute Gasteiger partial charge is 0.494 e. The fourth-order valence-corrected chi connectivity index (χ4v) is 1.89. The summed E-state index contributed by atoms with van der Waals surface area (Å²) in [5.74, 6) is -0.0362. The van der Waals surface area contributed by atoms with Gasteiger partial charge in [0, 0.05) is 6.04 Å². The number of carbonyl (C=O) groups is 1. The molecule has 0 bridgehead atoms. The van der Waals surface area contributed by atoms with Gasteiger partial charge in [-0.3, -0.25) is 4.79 Å². The van der Waals surface area contributed by atoms with Crippen LogP contribution < -0.4 is 10.5 Å². The maximum absolute atomic E-state index is 10.8. The zero-order valence-electron chi connectivity index (χ0n) is 11.1. The third-order valence-electron chi connectivity index (χ3n) is 3.00. The zero-order chi connectivity index (χ0) is 13.8. The molecular weight excluding hydrogens is 230 g/mol. The van der Waals surface area contributed by atoms with Crippen molar-refractivity contribution in [3.63, 3.8) is 0 Å². The first kappa shape index (κ1) is 14.5. The van der Waals surface area contributed by atoms with Crippen molar-refractivity contribution in [3.05, 3.63) is 29.8 Å². The molecule has 4 heteroatoms. The number of rotatable bonds is 6. The van der Waals surface area contributed by atoms with Crippen molar-refractivity contribution in [2.75, 3.05) is 6.61 Å². The van der Waals surface area contributed by atoms with Crippen LogP contribution in [0.2, 0.25) is 0 Å². The summed E-state index contributed by atoms with van der Waals surface area (Å²) in [4.78, 5) is 10.8. The van der Waals surface area contributed by atoms with Gasteiger partial charge in [0.05, 0.1) is 13.0 Å². The van der Waals surface area contributed by atoms with E-state index < -0.39 is 11.4 Å². The Labute approximate surface area is 108 Å². The van der Waals surface area contributed by atoms with Crippen LogP contribution in [-0.2, 0) is 4.79 Å². The average Bonchev–Trinajstić information content (AvgIpc) is 2.28. The Morgan fingerprint density at radius 1 is 1.39 bits per heavy atom. The number of nitrogens with two attached hydrogens (primary N) is 1. The van der Waals surface area contributed by atoms with Gasteiger partial charge in [-0.2, -0.15) is 0 Å². The van der Waals surface area contributed by atoms with E-state index in [0.29, 0.717) is 6.61 Å². The van der Waals surface area contributed by atoms with Crippen molar-refractivity contribution in [1.82, 2.24) is 0 Å². The molecule has 1 aromatic rings. The second-order valence-electron chi connectivity index (χ2n) is 5.04. The third kappa shape index (κ3) is 3.74. The molecule has 18 heavy (non-hydrogen) atoms. The van der Waals surface area contributed by atoms with E-state index in [0.717, 1.165) is 11.3 Å². The second kappa shape index (κ2) is 5.87. The number of hydrogen-bond acceptors (Lipinski definition) is 3. The molecule has 100 valence electrons. The highest BCUT2D eigenvalue weighted by Crippen LogP contribution is 2.35. The minimum absolute atomic E-state index is 0.0430. The molecule has 0 amide bonds. The lowest BCUT2D eigenvalue weighted by Crippen LogP contribution is -2.31. The Morgan fingerprint density at radius 2 is 1.94 bits per heavy atom. The fourth-order valence-electron chi connectivity index (χ4n) is 1.89. The highest BCUT2D eigenvalue weighted by molar-refractivity contribution is 5.67. The minimum atomic E-state index is -0.832. The first-order valence-electron chi connectivity index (χ1n) is 6.07. The molecule has 3 N–H and O–H groups in total. The highest BCUT2D eigenvalue weighted by atomic mass is 16.5. The van der Waals surface area contributed by atoms with Crippen LogP contribution in [0.15, 0.2) is 24.3 Å².